The van der Waals surface area contributed by atoms with Gasteiger partial charge in [0.25, 0.3) is 0 Å². The lowest BCUT2D eigenvalue weighted by atomic mass is 10.2. The minimum atomic E-state index is -0.494. The van der Waals surface area contributed by atoms with E-state index in [1.807, 2.05) is 20.0 Å². The molecule has 9 nitrogen and oxygen atoms in total. The number of esters is 1. The van der Waals surface area contributed by atoms with Gasteiger partial charge < -0.3 is 14.8 Å². The lowest BCUT2D eigenvalue weighted by Gasteiger charge is -2.09. The van der Waals surface area contributed by atoms with Crippen LogP contribution in [0, 0.1) is 19.8 Å². The maximum absolute atomic E-state index is 11.5. The van der Waals surface area contributed by atoms with Crippen molar-refractivity contribution in [2.24, 2.45) is 5.92 Å². The van der Waals surface area contributed by atoms with E-state index in [0.29, 0.717) is 47.5 Å². The summed E-state index contributed by atoms with van der Waals surface area (Å²) in [5, 5.41) is 11.8. The van der Waals surface area contributed by atoms with Gasteiger partial charge in [-0.1, -0.05) is 17.4 Å². The van der Waals surface area contributed by atoms with Crippen molar-refractivity contribution in [3.63, 3.8) is 0 Å². The van der Waals surface area contributed by atoms with Crippen molar-refractivity contribution < 1.29 is 14.3 Å². The highest BCUT2D eigenvalue weighted by Gasteiger charge is 2.40. The van der Waals surface area contributed by atoms with Crippen molar-refractivity contribution in [2.75, 3.05) is 19.0 Å². The Morgan fingerprint density at radius 3 is 2.90 bits per heavy atom. The zero-order valence-corrected chi connectivity index (χ0v) is 17.8. The second-order valence-electron chi connectivity index (χ2n) is 7.16. The Kier molecular flexibility index (Phi) is 5.84. The number of hydrogen-bond acceptors (Lipinski definition) is 10. The van der Waals surface area contributed by atoms with Crippen LogP contribution in [-0.2, 0) is 11.3 Å². The van der Waals surface area contributed by atoms with Gasteiger partial charge in [-0.2, -0.15) is 4.98 Å². The molecule has 3 aromatic heterocycles. The van der Waals surface area contributed by atoms with Gasteiger partial charge in [-0.15, -0.1) is 10.2 Å². The number of hydrogen-bond donors (Lipinski definition) is 1. The lowest BCUT2D eigenvalue weighted by molar-refractivity contribution is 0.0599. The van der Waals surface area contributed by atoms with Gasteiger partial charge in [-0.05, 0) is 31.9 Å². The summed E-state index contributed by atoms with van der Waals surface area (Å²) in [6, 6.07) is 5.95. The van der Waals surface area contributed by atoms with Crippen molar-refractivity contribution in [2.45, 2.75) is 32.7 Å². The highest BCUT2D eigenvalue weighted by Crippen LogP contribution is 2.46. The Morgan fingerprint density at radius 2 is 2.13 bits per heavy atom. The normalized spacial score (nSPS) is 17.4. The number of aryl methyl sites for hydroxylation is 2. The van der Waals surface area contributed by atoms with Crippen LogP contribution in [0.4, 0.5) is 5.82 Å². The molecular weight excluding hydrogens is 404 g/mol. The van der Waals surface area contributed by atoms with Gasteiger partial charge in [0, 0.05) is 29.8 Å². The first-order valence-electron chi connectivity index (χ1n) is 9.57. The molecule has 2 unspecified atom stereocenters. The Morgan fingerprint density at radius 1 is 1.27 bits per heavy atom. The molecule has 0 aliphatic heterocycles. The average Bonchev–Trinajstić information content (AvgIpc) is 3.36. The van der Waals surface area contributed by atoms with E-state index in [4.69, 9.17) is 4.74 Å². The van der Waals surface area contributed by atoms with E-state index < -0.39 is 5.97 Å². The summed E-state index contributed by atoms with van der Waals surface area (Å²) in [6.45, 7) is 4.83. The van der Waals surface area contributed by atoms with Gasteiger partial charge in [0.1, 0.15) is 16.6 Å². The molecule has 1 fully saturated rings. The number of rotatable bonds is 8. The van der Waals surface area contributed by atoms with E-state index in [2.05, 4.69) is 47.3 Å². The molecule has 3 heterocycles. The summed E-state index contributed by atoms with van der Waals surface area (Å²) in [5.41, 5.74) is 2.29. The predicted octanol–water partition coefficient (Wildman–Crippen LogP) is 2.92. The Balaban J connectivity index is 1.31. The zero-order valence-electron chi connectivity index (χ0n) is 17.0. The molecule has 0 saturated heterocycles. The molecular formula is C20H22N6O3S. The van der Waals surface area contributed by atoms with Crippen LogP contribution in [0.25, 0.3) is 0 Å². The van der Waals surface area contributed by atoms with Crippen molar-refractivity contribution in [3.8, 4) is 5.88 Å². The van der Waals surface area contributed by atoms with Crippen molar-refractivity contribution in [1.29, 1.82) is 0 Å². The second-order valence-corrected chi connectivity index (χ2v) is 8.22. The van der Waals surface area contributed by atoms with Gasteiger partial charge in [0.05, 0.1) is 20.3 Å². The molecule has 156 valence electrons. The molecule has 0 amide bonds. The minimum absolute atomic E-state index is 0.222. The molecule has 0 bridgehead atoms. The molecule has 1 aliphatic rings. The van der Waals surface area contributed by atoms with Gasteiger partial charge in [-0.25, -0.2) is 9.78 Å². The number of nitrogens with one attached hydrogen (secondary N) is 1. The van der Waals surface area contributed by atoms with Crippen LogP contribution >= 0.6 is 11.3 Å². The van der Waals surface area contributed by atoms with E-state index in [1.54, 1.807) is 6.07 Å². The topological polar surface area (TPSA) is 112 Å². The van der Waals surface area contributed by atoms with Crippen LogP contribution in [-0.4, -0.2) is 44.8 Å². The van der Waals surface area contributed by atoms with Crippen LogP contribution < -0.4 is 10.1 Å². The minimum Gasteiger partial charge on any atom is -0.477 e. The van der Waals surface area contributed by atoms with E-state index in [-0.39, 0.29) is 5.01 Å². The maximum Gasteiger partial charge on any atom is 0.369 e. The third kappa shape index (κ3) is 4.88. The van der Waals surface area contributed by atoms with E-state index in [1.165, 1.54) is 24.0 Å². The molecule has 1 aliphatic carbocycles. The SMILES string of the molecule is COC(=O)c1nnc(CNc2cc(OCC3CC3c3ccc(C)cn3)nc(C)n2)s1. The monoisotopic (exact) mass is 426 g/mol. The molecule has 30 heavy (non-hydrogen) atoms. The summed E-state index contributed by atoms with van der Waals surface area (Å²) in [6.07, 6.45) is 2.98. The van der Waals surface area contributed by atoms with Crippen LogP contribution in [0.2, 0.25) is 0 Å². The van der Waals surface area contributed by atoms with E-state index in [9.17, 15) is 4.79 Å². The quantitative estimate of drug-likeness (QED) is 0.543. The maximum atomic E-state index is 11.5. The lowest BCUT2D eigenvalue weighted by Crippen LogP contribution is -2.07. The van der Waals surface area contributed by atoms with Gasteiger partial charge >= 0.3 is 5.97 Å². The van der Waals surface area contributed by atoms with Gasteiger partial charge in [0.2, 0.25) is 10.9 Å². The molecule has 4 rings (SSSR count). The molecule has 0 aromatic carbocycles. The molecule has 1 saturated carbocycles. The number of anilines is 1. The van der Waals surface area contributed by atoms with Gasteiger partial charge in [-0.3, -0.25) is 4.98 Å². The third-order valence-corrected chi connectivity index (χ3v) is 5.65. The fraction of sp³-hybridized carbons (Fsp3) is 0.400. The number of aromatic nitrogens is 5. The van der Waals surface area contributed by atoms with E-state index >= 15 is 0 Å². The highest BCUT2D eigenvalue weighted by molar-refractivity contribution is 7.13. The number of nitrogens with zero attached hydrogens (tertiary/aromatic N) is 5. The van der Waals surface area contributed by atoms with E-state index in [0.717, 1.165) is 12.1 Å². The fourth-order valence-corrected chi connectivity index (χ4v) is 3.75. The number of carbonyl (C=O) groups is 1. The summed E-state index contributed by atoms with van der Waals surface area (Å²) in [7, 11) is 1.31. The fourth-order valence-electron chi connectivity index (χ4n) is 3.05. The van der Waals surface area contributed by atoms with Crippen LogP contribution in [0.1, 0.15) is 44.2 Å². The highest BCUT2D eigenvalue weighted by atomic mass is 32.1. The smallest absolute Gasteiger partial charge is 0.369 e. The van der Waals surface area contributed by atoms with Crippen LogP contribution in [0.15, 0.2) is 24.4 Å². The molecule has 3 aromatic rings. The predicted molar refractivity (Wildman–Crippen MR) is 111 cm³/mol. The first-order chi connectivity index (χ1) is 14.5. The van der Waals surface area contributed by atoms with Gasteiger partial charge in [0.15, 0.2) is 0 Å². The molecule has 0 spiro atoms. The number of carbonyl (C=O) groups excluding carboxylic acids is 1. The average molecular weight is 427 g/mol. The largest absolute Gasteiger partial charge is 0.477 e. The number of pyridine rings is 1. The summed E-state index contributed by atoms with van der Waals surface area (Å²) in [5.74, 6) is 2.17. The van der Waals surface area contributed by atoms with Crippen molar-refractivity contribution in [3.05, 3.63) is 51.5 Å². The van der Waals surface area contributed by atoms with Crippen molar-refractivity contribution in [1.82, 2.24) is 25.1 Å². The van der Waals surface area contributed by atoms with Crippen LogP contribution in [0.5, 0.6) is 5.88 Å². The summed E-state index contributed by atoms with van der Waals surface area (Å²) < 4.78 is 10.6. The molecule has 0 radical (unpaired) electrons. The molecule has 1 N–H and O–H groups in total. The zero-order chi connectivity index (χ0) is 21.1. The summed E-state index contributed by atoms with van der Waals surface area (Å²) in [4.78, 5) is 24.7. The molecule has 10 heteroatoms. The number of methoxy groups -OCH3 is 1. The summed E-state index contributed by atoms with van der Waals surface area (Å²) >= 11 is 1.17. The Hall–Kier alpha value is -3.14. The number of ether oxygens (including phenoxy) is 2. The van der Waals surface area contributed by atoms with Crippen molar-refractivity contribution >= 4 is 23.1 Å². The Bertz CT molecular complexity index is 1040. The van der Waals surface area contributed by atoms with Crippen LogP contribution in [0.3, 0.4) is 0 Å². The molecule has 2 atom stereocenters. The first-order valence-corrected chi connectivity index (χ1v) is 10.4. The third-order valence-electron chi connectivity index (χ3n) is 4.74. The first kappa shape index (κ1) is 20.1. The Labute approximate surface area is 177 Å². The standard InChI is InChI=1S/C20H22N6O3S/c1-11-4-5-15(21-8-11)14-6-13(14)10-29-17-7-16(23-12(2)24-17)22-9-18-25-26-19(30-18)20(27)28-3/h4-5,7-8,13-14H,6,9-10H2,1-3H3,(H,22,23,24). The second kappa shape index (κ2) is 8.70.